The lowest BCUT2D eigenvalue weighted by atomic mass is 9.33. The van der Waals surface area contributed by atoms with Gasteiger partial charge in [-0.05, 0) is 110 Å². The van der Waals surface area contributed by atoms with Gasteiger partial charge in [0.15, 0.2) is 0 Å². The summed E-state index contributed by atoms with van der Waals surface area (Å²) in [7, 11) is 0. The van der Waals surface area contributed by atoms with E-state index in [0.29, 0.717) is 36.2 Å². The van der Waals surface area contributed by atoms with E-state index in [2.05, 4.69) is 61.5 Å². The summed E-state index contributed by atoms with van der Waals surface area (Å²) in [6, 6.07) is 0. The van der Waals surface area contributed by atoms with Crippen molar-refractivity contribution >= 4 is 5.97 Å². The van der Waals surface area contributed by atoms with Crippen LogP contribution >= 0.6 is 0 Å². The Balaban J connectivity index is 1.18. The van der Waals surface area contributed by atoms with Crippen LogP contribution in [-0.2, 0) is 9.53 Å². The number of carbonyl (C=O) groups excluding carboxylic acids is 1. The summed E-state index contributed by atoms with van der Waals surface area (Å²) < 4.78 is 6.39. The number of carbonyl (C=O) groups is 1. The Morgan fingerprint density at radius 1 is 0.766 bits per heavy atom. The number of esters is 1. The van der Waals surface area contributed by atoms with E-state index in [1.165, 1.54) is 116 Å². The fourth-order valence-electron chi connectivity index (χ4n) is 13.0. The number of unbranched alkanes of at least 4 members (excludes halogenated alkanes) is 10. The highest BCUT2D eigenvalue weighted by atomic mass is 16.5. The van der Waals surface area contributed by atoms with Gasteiger partial charge in [-0.15, -0.1) is 0 Å². The van der Waals surface area contributed by atoms with Crippen molar-refractivity contribution in [2.45, 2.75) is 203 Å². The van der Waals surface area contributed by atoms with Gasteiger partial charge in [0, 0.05) is 23.9 Å². The van der Waals surface area contributed by atoms with Crippen LogP contribution in [0.25, 0.3) is 0 Å². The zero-order chi connectivity index (χ0) is 34.1. The molecule has 0 aromatic heterocycles. The van der Waals surface area contributed by atoms with Gasteiger partial charge in [-0.1, -0.05) is 131 Å². The summed E-state index contributed by atoms with van der Waals surface area (Å²) in [5.41, 5.74) is 2.94. The average Bonchev–Trinajstić information content (AvgIpc) is 3.01. The molecule has 4 fully saturated rings. The second kappa shape index (κ2) is 14.4. The number of rotatable bonds is 14. The SMILES string of the molecule is CCCCCCCCCCCCCC(=O)O[C@H]1CC[C@]2(C)[C@H]3CC=C4[C@@H]5CC(C)(C)CC[C@]5(CO)CC[C@@]4(C)[C@]3(C)CC[C@H]2C1(C)C. The standard InChI is InChI=1S/C44H76O3/c1-9-10-11-12-13-14-15-16-17-18-19-20-38(46)47-37-24-25-41(6)35(40(37,4)5)23-26-43(8)36(41)22-21-33-34-31-39(2,3)27-29-44(34,32-45)30-28-42(33,43)7/h21,34-37,45H,9-20,22-32H2,1-8H3/t34-,35-,36+,37-,41-,42+,43+,44+/m0/s1. The molecule has 5 aliphatic carbocycles. The third kappa shape index (κ3) is 6.94. The molecule has 4 saturated carbocycles. The van der Waals surface area contributed by atoms with Crippen LogP contribution in [0.15, 0.2) is 11.6 Å². The molecule has 0 aliphatic heterocycles. The first-order chi connectivity index (χ1) is 22.2. The average molecular weight is 653 g/mol. The molecule has 47 heavy (non-hydrogen) atoms. The number of fused-ring (bicyclic) bond motifs is 7. The highest BCUT2D eigenvalue weighted by Crippen LogP contribution is 2.75. The maximum atomic E-state index is 13.1. The smallest absolute Gasteiger partial charge is 0.306 e. The van der Waals surface area contributed by atoms with Crippen molar-refractivity contribution in [1.82, 2.24) is 0 Å². The van der Waals surface area contributed by atoms with Crippen molar-refractivity contribution in [3.8, 4) is 0 Å². The lowest BCUT2D eigenvalue weighted by molar-refractivity contribution is -0.213. The molecule has 0 aromatic rings. The van der Waals surface area contributed by atoms with E-state index in [-0.39, 0.29) is 39.1 Å². The second-order valence-corrected chi connectivity index (χ2v) is 19.9. The monoisotopic (exact) mass is 653 g/mol. The Labute approximate surface area is 291 Å². The Morgan fingerprint density at radius 2 is 1.38 bits per heavy atom. The summed E-state index contributed by atoms with van der Waals surface area (Å²) in [6.07, 6.45) is 29.7. The minimum absolute atomic E-state index is 0.00197. The lowest BCUT2D eigenvalue weighted by Gasteiger charge is -2.71. The summed E-state index contributed by atoms with van der Waals surface area (Å²) in [5, 5.41) is 10.8. The maximum Gasteiger partial charge on any atom is 0.306 e. The number of allylic oxidation sites excluding steroid dienone is 2. The predicted molar refractivity (Wildman–Crippen MR) is 197 cm³/mol. The molecule has 0 amide bonds. The second-order valence-electron chi connectivity index (χ2n) is 19.9. The molecule has 8 atom stereocenters. The van der Waals surface area contributed by atoms with E-state index in [1.54, 1.807) is 5.57 Å². The van der Waals surface area contributed by atoms with Crippen molar-refractivity contribution in [3.63, 3.8) is 0 Å². The fraction of sp³-hybridized carbons (Fsp3) is 0.932. The van der Waals surface area contributed by atoms with Crippen molar-refractivity contribution in [1.29, 1.82) is 0 Å². The normalized spacial score (nSPS) is 40.3. The Bertz CT molecular complexity index is 1100. The summed E-state index contributed by atoms with van der Waals surface area (Å²) >= 11 is 0. The van der Waals surface area contributed by atoms with Crippen molar-refractivity contribution in [2.24, 2.45) is 50.2 Å². The molecule has 0 bridgehead atoms. The highest BCUT2D eigenvalue weighted by molar-refractivity contribution is 5.69. The molecule has 270 valence electrons. The van der Waals surface area contributed by atoms with Gasteiger partial charge in [-0.2, -0.15) is 0 Å². The van der Waals surface area contributed by atoms with Crippen LogP contribution in [0.4, 0.5) is 0 Å². The molecule has 5 aliphatic rings. The number of hydrogen-bond acceptors (Lipinski definition) is 3. The van der Waals surface area contributed by atoms with Crippen LogP contribution in [-0.4, -0.2) is 23.8 Å². The zero-order valence-electron chi connectivity index (χ0n) is 32.4. The van der Waals surface area contributed by atoms with E-state index in [1.807, 2.05) is 0 Å². The third-order valence-electron chi connectivity index (χ3n) is 16.3. The van der Waals surface area contributed by atoms with Crippen LogP contribution in [0.3, 0.4) is 0 Å². The zero-order valence-corrected chi connectivity index (χ0v) is 32.4. The Hall–Kier alpha value is -0.830. The first-order valence-corrected chi connectivity index (χ1v) is 20.7. The number of aliphatic hydroxyl groups excluding tert-OH is 1. The molecule has 0 unspecified atom stereocenters. The van der Waals surface area contributed by atoms with E-state index >= 15 is 0 Å². The first-order valence-electron chi connectivity index (χ1n) is 20.7. The van der Waals surface area contributed by atoms with E-state index in [9.17, 15) is 9.90 Å². The largest absolute Gasteiger partial charge is 0.462 e. The minimum Gasteiger partial charge on any atom is -0.462 e. The molecule has 0 heterocycles. The predicted octanol–water partition coefficient (Wildman–Crippen LogP) is 12.4. The Morgan fingerprint density at radius 3 is 2.02 bits per heavy atom. The van der Waals surface area contributed by atoms with Crippen LogP contribution in [0.2, 0.25) is 0 Å². The van der Waals surface area contributed by atoms with Crippen LogP contribution in [0.1, 0.15) is 197 Å². The van der Waals surface area contributed by atoms with Gasteiger partial charge in [0.1, 0.15) is 6.10 Å². The van der Waals surface area contributed by atoms with Crippen molar-refractivity contribution < 1.29 is 14.6 Å². The number of aliphatic hydroxyl groups is 1. The minimum atomic E-state index is -0.00197. The van der Waals surface area contributed by atoms with Crippen molar-refractivity contribution in [2.75, 3.05) is 6.61 Å². The van der Waals surface area contributed by atoms with Crippen LogP contribution < -0.4 is 0 Å². The maximum absolute atomic E-state index is 13.1. The molecular weight excluding hydrogens is 576 g/mol. The fourth-order valence-corrected chi connectivity index (χ4v) is 13.0. The lowest BCUT2D eigenvalue weighted by Crippen LogP contribution is -2.65. The Kier molecular flexibility index (Phi) is 11.5. The van der Waals surface area contributed by atoms with Crippen molar-refractivity contribution in [3.05, 3.63) is 11.6 Å². The molecule has 0 aromatic carbocycles. The molecule has 5 rings (SSSR count). The number of hydrogen-bond donors (Lipinski definition) is 1. The van der Waals surface area contributed by atoms with Gasteiger partial charge in [0.2, 0.25) is 0 Å². The van der Waals surface area contributed by atoms with Gasteiger partial charge in [0.05, 0.1) is 0 Å². The van der Waals surface area contributed by atoms with Crippen LogP contribution in [0.5, 0.6) is 0 Å². The van der Waals surface area contributed by atoms with E-state index in [4.69, 9.17) is 4.74 Å². The van der Waals surface area contributed by atoms with E-state index in [0.717, 1.165) is 19.3 Å². The topological polar surface area (TPSA) is 46.5 Å². The van der Waals surface area contributed by atoms with Crippen LogP contribution in [0, 0.1) is 50.2 Å². The summed E-state index contributed by atoms with van der Waals surface area (Å²) in [5.74, 6) is 1.82. The van der Waals surface area contributed by atoms with E-state index < -0.39 is 0 Å². The van der Waals surface area contributed by atoms with Gasteiger partial charge >= 0.3 is 5.97 Å². The molecule has 0 spiro atoms. The molecule has 0 saturated heterocycles. The molecule has 0 radical (unpaired) electrons. The molecule has 1 N–H and O–H groups in total. The first kappa shape index (κ1) is 37.4. The molecule has 3 nitrogen and oxygen atoms in total. The third-order valence-corrected chi connectivity index (χ3v) is 16.3. The number of ether oxygens (including phenoxy) is 1. The summed E-state index contributed by atoms with van der Waals surface area (Å²) in [6.45, 7) is 20.4. The highest BCUT2D eigenvalue weighted by Gasteiger charge is 2.68. The molecular formula is C44H76O3. The molecule has 3 heteroatoms. The van der Waals surface area contributed by atoms with Gasteiger partial charge in [-0.3, -0.25) is 4.79 Å². The van der Waals surface area contributed by atoms with Gasteiger partial charge in [0.25, 0.3) is 0 Å². The quantitative estimate of drug-likeness (QED) is 0.115. The van der Waals surface area contributed by atoms with Gasteiger partial charge < -0.3 is 9.84 Å². The summed E-state index contributed by atoms with van der Waals surface area (Å²) in [4.78, 5) is 13.1. The van der Waals surface area contributed by atoms with Gasteiger partial charge in [-0.25, -0.2) is 0 Å².